The summed E-state index contributed by atoms with van der Waals surface area (Å²) in [6, 6.07) is 5.59. The van der Waals surface area contributed by atoms with Crippen molar-refractivity contribution in [3.63, 3.8) is 0 Å². The Morgan fingerprint density at radius 2 is 1.51 bits per heavy atom. The molecule has 6 nitrogen and oxygen atoms in total. The monoisotopic (exact) mass is 578 g/mol. The molecular formula is C21H9BrF6N2O4S. The third kappa shape index (κ3) is 4.27. The van der Waals surface area contributed by atoms with Gasteiger partial charge in [-0.25, -0.2) is 17.6 Å². The molecule has 0 aliphatic rings. The summed E-state index contributed by atoms with van der Waals surface area (Å²) in [7, 11) is -3.74. The lowest BCUT2D eigenvalue weighted by atomic mass is 10.0. The molecule has 0 amide bonds. The van der Waals surface area contributed by atoms with Crippen LogP contribution in [0.5, 0.6) is 11.5 Å². The van der Waals surface area contributed by atoms with Gasteiger partial charge >= 0.3 is 10.1 Å². The summed E-state index contributed by atoms with van der Waals surface area (Å²) < 4.78 is 117. The molecule has 0 radical (unpaired) electrons. The molecule has 0 saturated carbocycles. The van der Waals surface area contributed by atoms with E-state index in [2.05, 4.69) is 30.3 Å². The minimum absolute atomic E-state index is 0.107. The Kier molecular flexibility index (Phi) is 6.36. The zero-order chi connectivity index (χ0) is 25.7. The largest absolute Gasteiger partial charge is 0.496 e. The van der Waals surface area contributed by atoms with Crippen LogP contribution in [0.4, 0.5) is 26.3 Å². The molecule has 4 aromatic rings. The van der Waals surface area contributed by atoms with Crippen molar-refractivity contribution in [2.75, 3.05) is 7.11 Å². The van der Waals surface area contributed by atoms with E-state index in [1.807, 2.05) is 0 Å². The topological polar surface area (TPSA) is 78.4 Å². The van der Waals surface area contributed by atoms with Crippen LogP contribution >= 0.6 is 15.9 Å². The van der Waals surface area contributed by atoms with Gasteiger partial charge in [0, 0.05) is 16.3 Å². The molecule has 0 unspecified atom stereocenters. The number of hydrogen-bond donors (Lipinski definition) is 0. The van der Waals surface area contributed by atoms with Gasteiger partial charge in [0.15, 0.2) is 0 Å². The first-order chi connectivity index (χ1) is 16.5. The molecule has 182 valence electrons. The summed E-state index contributed by atoms with van der Waals surface area (Å²) in [4.78, 5) is -0.693. The number of hydrogen-bond acceptors (Lipinski definition) is 6. The number of ether oxygens (including phenoxy) is 1. The quantitative estimate of drug-likeness (QED) is 0.131. The Morgan fingerprint density at radius 1 is 0.886 bits per heavy atom. The van der Waals surface area contributed by atoms with Crippen LogP contribution in [0.2, 0.25) is 0 Å². The molecule has 0 atom stereocenters. The van der Waals surface area contributed by atoms with Crippen LogP contribution in [0, 0.1) is 34.9 Å². The SMILES string of the molecule is COc1cc(Br)c(F)cc1-c1nncc2cc(S(=O)(=O)Oc3c(F)c(F)c(F)c(F)c3F)ccc12. The van der Waals surface area contributed by atoms with Gasteiger partial charge in [-0.2, -0.15) is 22.3 Å². The molecule has 0 spiro atoms. The molecule has 35 heavy (non-hydrogen) atoms. The van der Waals surface area contributed by atoms with Crippen molar-refractivity contribution in [3.05, 3.63) is 75.9 Å². The molecule has 1 aromatic heterocycles. The van der Waals surface area contributed by atoms with E-state index in [0.29, 0.717) is 0 Å². The number of halogens is 7. The molecule has 0 aliphatic carbocycles. The summed E-state index contributed by atoms with van der Waals surface area (Å²) in [5.41, 5.74) is 0.287. The van der Waals surface area contributed by atoms with Crippen LogP contribution in [0.1, 0.15) is 0 Å². The smallest absolute Gasteiger partial charge is 0.339 e. The molecule has 14 heteroatoms. The zero-order valence-electron chi connectivity index (χ0n) is 17.0. The van der Waals surface area contributed by atoms with Gasteiger partial charge in [0.2, 0.25) is 34.8 Å². The predicted octanol–water partition coefficient (Wildman–Crippen LogP) is 5.67. The predicted molar refractivity (Wildman–Crippen MR) is 113 cm³/mol. The van der Waals surface area contributed by atoms with Crippen molar-refractivity contribution in [2.45, 2.75) is 4.90 Å². The fourth-order valence-corrected chi connectivity index (χ4v) is 4.41. The van der Waals surface area contributed by atoms with Crippen LogP contribution in [0.3, 0.4) is 0 Å². The van der Waals surface area contributed by atoms with E-state index < -0.39 is 55.7 Å². The molecular weight excluding hydrogens is 570 g/mol. The number of rotatable bonds is 5. The van der Waals surface area contributed by atoms with Crippen molar-refractivity contribution in [1.29, 1.82) is 0 Å². The van der Waals surface area contributed by atoms with E-state index in [1.54, 1.807) is 0 Å². The summed E-state index contributed by atoms with van der Waals surface area (Å²) in [5, 5.41) is 8.09. The van der Waals surface area contributed by atoms with Crippen LogP contribution in [-0.2, 0) is 10.1 Å². The highest BCUT2D eigenvalue weighted by atomic mass is 79.9. The molecule has 0 saturated heterocycles. The minimum Gasteiger partial charge on any atom is -0.496 e. The number of methoxy groups -OCH3 is 1. The van der Waals surface area contributed by atoms with Gasteiger partial charge < -0.3 is 8.92 Å². The third-order valence-corrected chi connectivity index (χ3v) is 6.61. The number of fused-ring (bicyclic) bond motifs is 1. The fraction of sp³-hybridized carbons (Fsp3) is 0.0476. The molecule has 0 aliphatic heterocycles. The van der Waals surface area contributed by atoms with E-state index in [4.69, 9.17) is 4.74 Å². The van der Waals surface area contributed by atoms with Crippen LogP contribution < -0.4 is 8.92 Å². The third-order valence-electron chi connectivity index (χ3n) is 4.78. The average molecular weight is 579 g/mol. The Balaban J connectivity index is 1.82. The van der Waals surface area contributed by atoms with Crippen molar-refractivity contribution in [1.82, 2.24) is 10.2 Å². The molecule has 0 fully saturated rings. The van der Waals surface area contributed by atoms with E-state index in [-0.39, 0.29) is 32.3 Å². The lowest BCUT2D eigenvalue weighted by Crippen LogP contribution is -2.14. The maximum atomic E-state index is 14.2. The molecule has 0 bridgehead atoms. The second-order valence-corrected chi connectivity index (χ2v) is 9.25. The maximum absolute atomic E-state index is 14.2. The first-order valence-electron chi connectivity index (χ1n) is 9.21. The Hall–Kier alpha value is -3.39. The zero-order valence-corrected chi connectivity index (χ0v) is 19.4. The van der Waals surface area contributed by atoms with Gasteiger partial charge in [-0.1, -0.05) is 6.07 Å². The lowest BCUT2D eigenvalue weighted by Gasteiger charge is -2.13. The van der Waals surface area contributed by atoms with Gasteiger partial charge in [0.25, 0.3) is 0 Å². The fourth-order valence-electron chi connectivity index (χ4n) is 3.12. The van der Waals surface area contributed by atoms with Crippen LogP contribution in [0.25, 0.3) is 22.0 Å². The van der Waals surface area contributed by atoms with Gasteiger partial charge in [-0.15, -0.1) is 5.10 Å². The van der Waals surface area contributed by atoms with Crippen molar-refractivity contribution in [2.24, 2.45) is 0 Å². The summed E-state index contributed by atoms with van der Waals surface area (Å²) in [5.74, 6) is -14.5. The highest BCUT2D eigenvalue weighted by molar-refractivity contribution is 9.10. The molecule has 1 heterocycles. The first kappa shape index (κ1) is 24.7. The van der Waals surface area contributed by atoms with E-state index in [1.165, 1.54) is 19.2 Å². The summed E-state index contributed by atoms with van der Waals surface area (Å²) >= 11 is 3.03. The summed E-state index contributed by atoms with van der Waals surface area (Å²) in [6.45, 7) is 0. The minimum atomic E-state index is -5.07. The van der Waals surface area contributed by atoms with Crippen molar-refractivity contribution < 1.29 is 43.7 Å². The van der Waals surface area contributed by atoms with Gasteiger partial charge in [-0.3, -0.25) is 0 Å². The lowest BCUT2D eigenvalue weighted by molar-refractivity contribution is 0.346. The highest BCUT2D eigenvalue weighted by Crippen LogP contribution is 2.37. The van der Waals surface area contributed by atoms with Gasteiger partial charge in [-0.05, 0) is 40.2 Å². The second-order valence-electron chi connectivity index (χ2n) is 6.85. The number of aromatic nitrogens is 2. The Labute approximate surface area is 201 Å². The standard InChI is InChI=1S/C21H9BrF6N2O4S/c1-33-14-6-12(22)13(23)5-11(14)20-10-3-2-9(4-8(10)7-29-30-20)35(31,32)34-21-18(27)16(25)15(24)17(26)19(21)28/h2-7H,1H3. The Bertz CT molecular complexity index is 1590. The van der Waals surface area contributed by atoms with Gasteiger partial charge in [0.05, 0.1) is 17.8 Å². The second kappa shape index (κ2) is 9.00. The van der Waals surface area contributed by atoms with E-state index in [0.717, 1.165) is 24.4 Å². The normalized spacial score (nSPS) is 11.7. The highest BCUT2D eigenvalue weighted by Gasteiger charge is 2.31. The number of benzene rings is 3. The molecule has 4 rings (SSSR count). The van der Waals surface area contributed by atoms with Crippen molar-refractivity contribution >= 4 is 36.8 Å². The van der Waals surface area contributed by atoms with E-state index >= 15 is 0 Å². The maximum Gasteiger partial charge on any atom is 0.339 e. The van der Waals surface area contributed by atoms with Gasteiger partial charge in [0.1, 0.15) is 22.2 Å². The first-order valence-corrected chi connectivity index (χ1v) is 11.4. The molecule has 3 aromatic carbocycles. The average Bonchev–Trinajstić information content (AvgIpc) is 2.84. The summed E-state index contributed by atoms with van der Waals surface area (Å²) in [6.07, 6.45) is 1.14. The number of nitrogens with zero attached hydrogens (tertiary/aromatic N) is 2. The van der Waals surface area contributed by atoms with Crippen LogP contribution in [0.15, 0.2) is 45.9 Å². The molecule has 0 N–H and O–H groups in total. The van der Waals surface area contributed by atoms with Crippen LogP contribution in [-0.4, -0.2) is 25.7 Å². The Morgan fingerprint density at radius 3 is 2.14 bits per heavy atom. The van der Waals surface area contributed by atoms with Crippen molar-refractivity contribution in [3.8, 4) is 22.8 Å². The van der Waals surface area contributed by atoms with E-state index in [9.17, 15) is 34.8 Å².